The molecule has 1 spiro atoms. The van der Waals surface area contributed by atoms with Crippen LogP contribution in [0.5, 0.6) is 0 Å². The Bertz CT molecular complexity index is 388. The van der Waals surface area contributed by atoms with E-state index in [0.29, 0.717) is 30.5 Å². The molecule has 2 atom stereocenters. The maximum atomic E-state index is 11.9. The fourth-order valence-corrected chi connectivity index (χ4v) is 3.78. The molecule has 0 aromatic rings. The highest BCUT2D eigenvalue weighted by molar-refractivity contribution is 5.67. The molecule has 0 aromatic heterocycles. The third-order valence-corrected chi connectivity index (χ3v) is 5.42. The number of hydrogen-bond donors (Lipinski definition) is 2. The van der Waals surface area contributed by atoms with Gasteiger partial charge in [0.15, 0.2) is 0 Å². The van der Waals surface area contributed by atoms with Crippen molar-refractivity contribution in [3.63, 3.8) is 0 Å². The summed E-state index contributed by atoms with van der Waals surface area (Å²) in [6.07, 6.45) is 4.87. The molecule has 5 nitrogen and oxygen atoms in total. The van der Waals surface area contributed by atoms with Crippen LogP contribution in [0.15, 0.2) is 0 Å². The first kappa shape index (κ1) is 17.5. The van der Waals surface area contributed by atoms with Gasteiger partial charge < -0.3 is 15.8 Å². The van der Waals surface area contributed by atoms with E-state index in [1.165, 1.54) is 25.7 Å². The number of ether oxygens (including phenoxy) is 1. The standard InChI is InChI=1S/C17H33N3O2/c1-13(10-18)20-9-8-17(6-5-7-17)14(12-20)11-19-15(21)22-16(2,3)4/h13-14H,5-12,18H2,1-4H3,(H,19,21). The topological polar surface area (TPSA) is 67.6 Å². The van der Waals surface area contributed by atoms with Gasteiger partial charge in [0.25, 0.3) is 0 Å². The minimum absolute atomic E-state index is 0.300. The maximum absolute atomic E-state index is 11.9. The number of amides is 1. The molecule has 1 amide bonds. The zero-order valence-electron chi connectivity index (χ0n) is 14.7. The van der Waals surface area contributed by atoms with Gasteiger partial charge in [0.05, 0.1) is 0 Å². The average Bonchev–Trinajstić information content (AvgIpc) is 2.40. The highest BCUT2D eigenvalue weighted by Crippen LogP contribution is 2.52. The average molecular weight is 311 g/mol. The van der Waals surface area contributed by atoms with Crippen LogP contribution in [-0.2, 0) is 4.74 Å². The van der Waals surface area contributed by atoms with E-state index in [-0.39, 0.29) is 6.09 Å². The molecule has 128 valence electrons. The highest BCUT2D eigenvalue weighted by Gasteiger charge is 2.47. The minimum atomic E-state index is -0.440. The fraction of sp³-hybridized carbons (Fsp3) is 0.941. The van der Waals surface area contributed by atoms with Gasteiger partial charge in [0.1, 0.15) is 5.60 Å². The minimum Gasteiger partial charge on any atom is -0.444 e. The van der Waals surface area contributed by atoms with Crippen molar-refractivity contribution in [2.45, 2.75) is 65.0 Å². The molecular weight excluding hydrogens is 278 g/mol. The van der Waals surface area contributed by atoms with E-state index >= 15 is 0 Å². The van der Waals surface area contributed by atoms with Crippen LogP contribution >= 0.6 is 0 Å². The lowest BCUT2D eigenvalue weighted by molar-refractivity contribution is -0.0397. The van der Waals surface area contributed by atoms with Gasteiger partial charge in [-0.15, -0.1) is 0 Å². The monoisotopic (exact) mass is 311 g/mol. The number of piperidine rings is 1. The molecule has 0 bridgehead atoms. The van der Waals surface area contributed by atoms with Gasteiger partial charge in [0.2, 0.25) is 0 Å². The Morgan fingerprint density at radius 3 is 2.59 bits per heavy atom. The van der Waals surface area contributed by atoms with Gasteiger partial charge in [0, 0.05) is 25.7 Å². The van der Waals surface area contributed by atoms with Gasteiger partial charge in [-0.2, -0.15) is 0 Å². The highest BCUT2D eigenvalue weighted by atomic mass is 16.6. The summed E-state index contributed by atoms with van der Waals surface area (Å²) in [4.78, 5) is 14.4. The number of rotatable bonds is 4. The molecule has 5 heteroatoms. The zero-order valence-corrected chi connectivity index (χ0v) is 14.7. The van der Waals surface area contributed by atoms with Crippen LogP contribution in [0.1, 0.15) is 53.4 Å². The Balaban J connectivity index is 1.91. The van der Waals surface area contributed by atoms with Crippen LogP contribution in [0.3, 0.4) is 0 Å². The van der Waals surface area contributed by atoms with Crippen molar-refractivity contribution in [3.8, 4) is 0 Å². The Kier molecular flexibility index (Phi) is 5.38. The summed E-state index contributed by atoms with van der Waals surface area (Å²) in [6.45, 7) is 11.5. The summed E-state index contributed by atoms with van der Waals surface area (Å²) in [7, 11) is 0. The summed E-state index contributed by atoms with van der Waals surface area (Å²) >= 11 is 0. The first-order valence-electron chi connectivity index (χ1n) is 8.67. The summed E-state index contributed by atoms with van der Waals surface area (Å²) in [6, 6.07) is 0.418. The number of nitrogens with one attached hydrogen (secondary N) is 1. The SMILES string of the molecule is CC(CN)N1CCC2(CCC2)C(CNC(=O)OC(C)(C)C)C1. The van der Waals surface area contributed by atoms with Crippen LogP contribution in [0, 0.1) is 11.3 Å². The van der Waals surface area contributed by atoms with E-state index < -0.39 is 5.60 Å². The van der Waals surface area contributed by atoms with Gasteiger partial charge in [-0.05, 0) is 64.8 Å². The smallest absolute Gasteiger partial charge is 0.407 e. The van der Waals surface area contributed by atoms with E-state index in [1.807, 2.05) is 20.8 Å². The number of hydrogen-bond acceptors (Lipinski definition) is 4. The van der Waals surface area contributed by atoms with E-state index in [1.54, 1.807) is 0 Å². The Hall–Kier alpha value is -0.810. The molecule has 2 aliphatic rings. The van der Waals surface area contributed by atoms with Crippen molar-refractivity contribution in [3.05, 3.63) is 0 Å². The lowest BCUT2D eigenvalue weighted by Crippen LogP contribution is -2.57. The van der Waals surface area contributed by atoms with E-state index in [2.05, 4.69) is 17.1 Å². The first-order valence-corrected chi connectivity index (χ1v) is 8.67. The van der Waals surface area contributed by atoms with Crippen molar-refractivity contribution in [1.82, 2.24) is 10.2 Å². The van der Waals surface area contributed by atoms with E-state index in [4.69, 9.17) is 10.5 Å². The number of nitrogens with two attached hydrogens (primary N) is 1. The third-order valence-electron chi connectivity index (χ3n) is 5.42. The predicted molar refractivity (Wildman–Crippen MR) is 88.7 cm³/mol. The molecule has 1 saturated carbocycles. The Morgan fingerprint density at radius 1 is 1.41 bits per heavy atom. The number of carbonyl (C=O) groups excluding carboxylic acids is 1. The molecule has 22 heavy (non-hydrogen) atoms. The van der Waals surface area contributed by atoms with Gasteiger partial charge in [-0.25, -0.2) is 4.79 Å². The quantitative estimate of drug-likeness (QED) is 0.836. The zero-order chi connectivity index (χ0) is 16.4. The van der Waals surface area contributed by atoms with Crippen LogP contribution in [-0.4, -0.2) is 48.8 Å². The summed E-state index contributed by atoms with van der Waals surface area (Å²) in [5, 5.41) is 2.99. The van der Waals surface area contributed by atoms with Crippen molar-refractivity contribution < 1.29 is 9.53 Å². The van der Waals surface area contributed by atoms with Crippen molar-refractivity contribution in [1.29, 1.82) is 0 Å². The fourth-order valence-electron chi connectivity index (χ4n) is 3.78. The van der Waals surface area contributed by atoms with Crippen LogP contribution in [0.25, 0.3) is 0 Å². The molecule has 2 unspecified atom stereocenters. The number of nitrogens with zero attached hydrogens (tertiary/aromatic N) is 1. The second-order valence-electron chi connectivity index (χ2n) is 8.13. The number of likely N-dealkylation sites (tertiary alicyclic amines) is 1. The molecule has 3 N–H and O–H groups in total. The molecule has 1 aliphatic heterocycles. The molecule has 0 aromatic carbocycles. The van der Waals surface area contributed by atoms with Crippen LogP contribution in [0.2, 0.25) is 0 Å². The largest absolute Gasteiger partial charge is 0.444 e. The normalized spacial score (nSPS) is 26.3. The molecule has 1 aliphatic carbocycles. The predicted octanol–water partition coefficient (Wildman–Crippen LogP) is 2.35. The van der Waals surface area contributed by atoms with E-state index in [0.717, 1.165) is 13.1 Å². The molecular formula is C17H33N3O2. The lowest BCUT2D eigenvalue weighted by Gasteiger charge is -2.54. The van der Waals surface area contributed by atoms with Crippen molar-refractivity contribution in [2.75, 3.05) is 26.2 Å². The molecule has 1 heterocycles. The molecule has 2 rings (SSSR count). The van der Waals surface area contributed by atoms with Gasteiger partial charge >= 0.3 is 6.09 Å². The van der Waals surface area contributed by atoms with Crippen LogP contribution < -0.4 is 11.1 Å². The van der Waals surface area contributed by atoms with E-state index in [9.17, 15) is 4.79 Å². The lowest BCUT2D eigenvalue weighted by atomic mass is 9.57. The Morgan fingerprint density at radius 2 is 2.09 bits per heavy atom. The number of alkyl carbamates (subject to hydrolysis) is 1. The van der Waals surface area contributed by atoms with Gasteiger partial charge in [-0.1, -0.05) is 6.42 Å². The summed E-state index contributed by atoms with van der Waals surface area (Å²) < 4.78 is 5.36. The first-order chi connectivity index (χ1) is 10.3. The molecule has 1 saturated heterocycles. The summed E-state index contributed by atoms with van der Waals surface area (Å²) in [5.41, 5.74) is 5.83. The van der Waals surface area contributed by atoms with Gasteiger partial charge in [-0.3, -0.25) is 4.90 Å². The second kappa shape index (κ2) is 6.75. The third kappa shape index (κ3) is 4.13. The number of carbonyl (C=O) groups is 1. The molecule has 0 radical (unpaired) electrons. The molecule has 2 fully saturated rings. The van der Waals surface area contributed by atoms with Crippen molar-refractivity contribution in [2.24, 2.45) is 17.1 Å². The second-order valence-corrected chi connectivity index (χ2v) is 8.13. The van der Waals surface area contributed by atoms with Crippen molar-refractivity contribution >= 4 is 6.09 Å². The van der Waals surface area contributed by atoms with Crippen LogP contribution in [0.4, 0.5) is 4.79 Å². The maximum Gasteiger partial charge on any atom is 0.407 e. The summed E-state index contributed by atoms with van der Waals surface area (Å²) in [5.74, 6) is 0.511. The Labute approximate surface area is 134 Å².